The molecule has 0 radical (unpaired) electrons. The lowest BCUT2D eigenvalue weighted by Gasteiger charge is -2.13. The maximum Gasteiger partial charge on any atom is 0.191 e. The van der Waals surface area contributed by atoms with Crippen LogP contribution in [0, 0.1) is 6.92 Å². The number of benzene rings is 2. The van der Waals surface area contributed by atoms with Crippen molar-refractivity contribution in [3.63, 3.8) is 0 Å². The molecule has 6 heteroatoms. The first-order chi connectivity index (χ1) is 12.2. The van der Waals surface area contributed by atoms with Crippen LogP contribution in [0.2, 0.25) is 0 Å². The van der Waals surface area contributed by atoms with Crippen LogP contribution in [0.3, 0.4) is 0 Å². The van der Waals surface area contributed by atoms with Crippen LogP contribution in [0.15, 0.2) is 47.5 Å². The average molecular weight is 469 g/mol. The molecule has 26 heavy (non-hydrogen) atoms. The van der Waals surface area contributed by atoms with E-state index in [1.807, 2.05) is 25.1 Å². The number of guanidine groups is 1. The van der Waals surface area contributed by atoms with Crippen LogP contribution in [0.25, 0.3) is 0 Å². The van der Waals surface area contributed by atoms with Crippen molar-refractivity contribution in [1.29, 1.82) is 0 Å². The molecule has 0 spiro atoms. The maximum atomic E-state index is 5.37. The second kappa shape index (κ2) is 11.6. The first kappa shape index (κ1) is 22.1. The van der Waals surface area contributed by atoms with Gasteiger partial charge in [-0.05, 0) is 48.2 Å². The van der Waals surface area contributed by atoms with Crippen LogP contribution in [-0.2, 0) is 13.0 Å². The Labute approximate surface area is 173 Å². The summed E-state index contributed by atoms with van der Waals surface area (Å²) >= 11 is 0. The fourth-order valence-corrected chi connectivity index (χ4v) is 2.53. The summed E-state index contributed by atoms with van der Waals surface area (Å²) in [7, 11) is 5.15. The van der Waals surface area contributed by atoms with Gasteiger partial charge in [0.05, 0.1) is 14.2 Å². The van der Waals surface area contributed by atoms with E-state index >= 15 is 0 Å². The van der Waals surface area contributed by atoms with Gasteiger partial charge < -0.3 is 20.1 Å². The van der Waals surface area contributed by atoms with E-state index < -0.39 is 0 Å². The highest BCUT2D eigenvalue weighted by atomic mass is 127. The van der Waals surface area contributed by atoms with E-state index in [2.05, 4.69) is 39.9 Å². The molecule has 0 atom stereocenters. The van der Waals surface area contributed by atoms with Crippen LogP contribution in [0.4, 0.5) is 0 Å². The molecule has 0 aliphatic rings. The van der Waals surface area contributed by atoms with Crippen molar-refractivity contribution in [2.24, 2.45) is 4.99 Å². The number of halogens is 1. The summed E-state index contributed by atoms with van der Waals surface area (Å²) in [6.45, 7) is 3.53. The predicted octanol–water partition coefficient (Wildman–Crippen LogP) is 3.54. The third kappa shape index (κ3) is 6.74. The van der Waals surface area contributed by atoms with Gasteiger partial charge in [-0.1, -0.05) is 24.3 Å². The minimum absolute atomic E-state index is 0. The quantitative estimate of drug-likeness (QED) is 0.370. The van der Waals surface area contributed by atoms with Crippen molar-refractivity contribution in [2.45, 2.75) is 19.9 Å². The molecule has 2 rings (SSSR count). The van der Waals surface area contributed by atoms with E-state index in [1.165, 1.54) is 5.56 Å². The van der Waals surface area contributed by atoms with E-state index in [4.69, 9.17) is 9.47 Å². The third-order valence-electron chi connectivity index (χ3n) is 4.00. The molecular formula is C20H28IN3O2. The molecule has 0 unspecified atom stereocenters. The van der Waals surface area contributed by atoms with Gasteiger partial charge in [0.25, 0.3) is 0 Å². The number of ether oxygens (including phenoxy) is 2. The summed E-state index contributed by atoms with van der Waals surface area (Å²) < 4.78 is 10.6. The van der Waals surface area contributed by atoms with Gasteiger partial charge in [-0.15, -0.1) is 24.0 Å². The number of hydrogen-bond donors (Lipinski definition) is 2. The summed E-state index contributed by atoms with van der Waals surface area (Å²) in [5.74, 6) is 2.57. The fourth-order valence-electron chi connectivity index (χ4n) is 2.53. The standard InChI is InChI=1S/C20H27N3O2.HI/c1-15-8-9-16(13-19(15)25-4)10-11-22-20(21-2)23-14-17-6-5-7-18(12-17)24-3;/h5-9,12-13H,10-11,14H2,1-4H3,(H2,21,22,23);1H. The van der Waals surface area contributed by atoms with Gasteiger partial charge in [0.1, 0.15) is 11.5 Å². The Morgan fingerprint density at radius 1 is 1.00 bits per heavy atom. The molecule has 0 aliphatic carbocycles. The highest BCUT2D eigenvalue weighted by Gasteiger charge is 2.02. The summed E-state index contributed by atoms with van der Waals surface area (Å²) in [6.07, 6.45) is 0.899. The Bertz CT molecular complexity index is 720. The zero-order valence-electron chi connectivity index (χ0n) is 15.8. The molecule has 0 saturated heterocycles. The summed E-state index contributed by atoms with van der Waals surface area (Å²) in [6, 6.07) is 14.3. The van der Waals surface area contributed by atoms with E-state index in [0.29, 0.717) is 6.54 Å². The zero-order chi connectivity index (χ0) is 18.1. The van der Waals surface area contributed by atoms with Crippen LogP contribution in [-0.4, -0.2) is 33.8 Å². The van der Waals surface area contributed by atoms with E-state index in [1.54, 1.807) is 21.3 Å². The van der Waals surface area contributed by atoms with Crippen LogP contribution in [0.1, 0.15) is 16.7 Å². The van der Waals surface area contributed by atoms with Gasteiger partial charge in [0, 0.05) is 20.1 Å². The molecule has 2 aromatic rings. The molecule has 0 saturated carbocycles. The Kier molecular flexibility index (Phi) is 9.87. The second-order valence-electron chi connectivity index (χ2n) is 5.76. The average Bonchev–Trinajstić information content (AvgIpc) is 2.65. The SMILES string of the molecule is CN=C(NCCc1ccc(C)c(OC)c1)NCc1cccc(OC)c1.I. The number of hydrogen-bond acceptors (Lipinski definition) is 3. The monoisotopic (exact) mass is 469 g/mol. The highest BCUT2D eigenvalue weighted by molar-refractivity contribution is 14.0. The Balaban J connectivity index is 0.00000338. The van der Waals surface area contributed by atoms with E-state index in [0.717, 1.165) is 41.6 Å². The molecule has 0 amide bonds. The van der Waals surface area contributed by atoms with Crippen LogP contribution < -0.4 is 20.1 Å². The number of nitrogens with one attached hydrogen (secondary N) is 2. The minimum atomic E-state index is 0. The van der Waals surface area contributed by atoms with Crippen molar-refractivity contribution in [3.8, 4) is 11.5 Å². The molecule has 2 aromatic carbocycles. The Morgan fingerprint density at radius 3 is 2.50 bits per heavy atom. The van der Waals surface area contributed by atoms with E-state index in [-0.39, 0.29) is 24.0 Å². The summed E-state index contributed by atoms with van der Waals surface area (Å²) in [4.78, 5) is 4.26. The molecule has 142 valence electrons. The fraction of sp³-hybridized carbons (Fsp3) is 0.350. The van der Waals surface area contributed by atoms with Gasteiger partial charge in [0.15, 0.2) is 5.96 Å². The molecule has 0 aliphatic heterocycles. The number of aliphatic imine (C=N–C) groups is 1. The summed E-state index contributed by atoms with van der Waals surface area (Å²) in [5, 5.41) is 6.65. The topological polar surface area (TPSA) is 54.9 Å². The molecular weight excluding hydrogens is 441 g/mol. The summed E-state index contributed by atoms with van der Waals surface area (Å²) in [5.41, 5.74) is 3.53. The van der Waals surface area contributed by atoms with Crippen molar-refractivity contribution in [2.75, 3.05) is 27.8 Å². The third-order valence-corrected chi connectivity index (χ3v) is 4.00. The number of nitrogens with zero attached hydrogens (tertiary/aromatic N) is 1. The van der Waals surface area contributed by atoms with E-state index in [9.17, 15) is 0 Å². The molecule has 0 fully saturated rings. The van der Waals surface area contributed by atoms with Gasteiger partial charge in [-0.25, -0.2) is 0 Å². The highest BCUT2D eigenvalue weighted by Crippen LogP contribution is 2.19. The second-order valence-corrected chi connectivity index (χ2v) is 5.76. The van der Waals surface area contributed by atoms with Crippen molar-refractivity contribution < 1.29 is 9.47 Å². The molecule has 0 aromatic heterocycles. The van der Waals surface area contributed by atoms with Gasteiger partial charge in [0.2, 0.25) is 0 Å². The lowest BCUT2D eigenvalue weighted by atomic mass is 10.1. The number of aryl methyl sites for hydroxylation is 1. The maximum absolute atomic E-state index is 5.37. The lowest BCUT2D eigenvalue weighted by Crippen LogP contribution is -2.37. The Hall–Kier alpha value is -1.96. The van der Waals surface area contributed by atoms with Crippen LogP contribution >= 0.6 is 24.0 Å². The van der Waals surface area contributed by atoms with Gasteiger partial charge >= 0.3 is 0 Å². The van der Waals surface area contributed by atoms with Crippen molar-refractivity contribution >= 4 is 29.9 Å². The minimum Gasteiger partial charge on any atom is -0.497 e. The zero-order valence-corrected chi connectivity index (χ0v) is 18.2. The predicted molar refractivity (Wildman–Crippen MR) is 118 cm³/mol. The first-order valence-corrected chi connectivity index (χ1v) is 8.37. The first-order valence-electron chi connectivity index (χ1n) is 8.37. The lowest BCUT2D eigenvalue weighted by molar-refractivity contribution is 0.411. The Morgan fingerprint density at radius 2 is 1.81 bits per heavy atom. The number of methoxy groups -OCH3 is 2. The van der Waals surface area contributed by atoms with Gasteiger partial charge in [-0.2, -0.15) is 0 Å². The van der Waals surface area contributed by atoms with Gasteiger partial charge in [-0.3, -0.25) is 4.99 Å². The normalized spacial score (nSPS) is 10.7. The molecule has 0 heterocycles. The molecule has 5 nitrogen and oxygen atoms in total. The van der Waals surface area contributed by atoms with Crippen LogP contribution in [0.5, 0.6) is 11.5 Å². The van der Waals surface area contributed by atoms with Crippen molar-refractivity contribution in [3.05, 3.63) is 59.2 Å². The number of rotatable bonds is 7. The smallest absolute Gasteiger partial charge is 0.191 e. The largest absolute Gasteiger partial charge is 0.497 e. The molecule has 0 bridgehead atoms. The molecule has 2 N–H and O–H groups in total. The van der Waals surface area contributed by atoms with Crippen molar-refractivity contribution in [1.82, 2.24) is 10.6 Å².